The quantitative estimate of drug-likeness (QED) is 0.600. The van der Waals surface area contributed by atoms with Crippen LogP contribution in [0.4, 0.5) is 0 Å². The van der Waals surface area contributed by atoms with E-state index in [1.807, 2.05) is 6.07 Å². The summed E-state index contributed by atoms with van der Waals surface area (Å²) >= 11 is 11.5. The molecule has 2 nitrogen and oxygen atoms in total. The lowest BCUT2D eigenvalue weighted by atomic mass is 10.0. The molecule has 88 valence electrons. The van der Waals surface area contributed by atoms with E-state index in [0.717, 1.165) is 24.0 Å². The van der Waals surface area contributed by atoms with Gasteiger partial charge in [0.05, 0.1) is 12.7 Å². The van der Waals surface area contributed by atoms with Crippen LogP contribution in [0.3, 0.4) is 0 Å². The SMILES string of the molecule is COC(=O)c1ccc(CCCCl)c(CCl)c1. The normalized spacial score (nSPS) is 10.2. The van der Waals surface area contributed by atoms with Gasteiger partial charge >= 0.3 is 5.97 Å². The van der Waals surface area contributed by atoms with Crippen molar-refractivity contribution in [2.45, 2.75) is 18.7 Å². The van der Waals surface area contributed by atoms with Gasteiger partial charge in [0, 0.05) is 11.8 Å². The van der Waals surface area contributed by atoms with E-state index in [1.165, 1.54) is 7.11 Å². The van der Waals surface area contributed by atoms with Crippen molar-refractivity contribution in [1.82, 2.24) is 0 Å². The van der Waals surface area contributed by atoms with Crippen molar-refractivity contribution in [3.63, 3.8) is 0 Å². The number of methoxy groups -OCH3 is 1. The van der Waals surface area contributed by atoms with Crippen molar-refractivity contribution in [2.75, 3.05) is 13.0 Å². The van der Waals surface area contributed by atoms with Crippen LogP contribution in [0.15, 0.2) is 18.2 Å². The number of esters is 1. The first-order valence-electron chi connectivity index (χ1n) is 5.05. The van der Waals surface area contributed by atoms with Crippen molar-refractivity contribution in [2.24, 2.45) is 0 Å². The van der Waals surface area contributed by atoms with E-state index in [9.17, 15) is 4.79 Å². The van der Waals surface area contributed by atoms with Gasteiger partial charge < -0.3 is 4.74 Å². The molecular formula is C12H14Cl2O2. The average molecular weight is 261 g/mol. The molecule has 0 heterocycles. The van der Waals surface area contributed by atoms with E-state index >= 15 is 0 Å². The Labute approximate surface area is 106 Å². The Morgan fingerprint density at radius 1 is 1.31 bits per heavy atom. The molecule has 0 aromatic heterocycles. The highest BCUT2D eigenvalue weighted by molar-refractivity contribution is 6.18. The Hall–Kier alpha value is -0.730. The molecule has 1 aromatic rings. The van der Waals surface area contributed by atoms with Crippen LogP contribution in [-0.4, -0.2) is 19.0 Å². The summed E-state index contributed by atoms with van der Waals surface area (Å²) < 4.78 is 4.65. The van der Waals surface area contributed by atoms with Gasteiger partial charge in [0.25, 0.3) is 0 Å². The van der Waals surface area contributed by atoms with Gasteiger partial charge in [0.1, 0.15) is 0 Å². The zero-order valence-corrected chi connectivity index (χ0v) is 10.6. The monoisotopic (exact) mass is 260 g/mol. The third-order valence-electron chi connectivity index (χ3n) is 2.35. The highest BCUT2D eigenvalue weighted by Crippen LogP contribution is 2.17. The molecule has 0 aliphatic carbocycles. The van der Waals surface area contributed by atoms with Crippen molar-refractivity contribution in [3.8, 4) is 0 Å². The van der Waals surface area contributed by atoms with Gasteiger partial charge in [-0.15, -0.1) is 23.2 Å². The zero-order chi connectivity index (χ0) is 12.0. The van der Waals surface area contributed by atoms with Crippen LogP contribution in [0.2, 0.25) is 0 Å². The fourth-order valence-electron chi connectivity index (χ4n) is 1.50. The van der Waals surface area contributed by atoms with Gasteiger partial charge in [-0.1, -0.05) is 6.07 Å². The summed E-state index contributed by atoms with van der Waals surface area (Å²) in [6.07, 6.45) is 1.79. The van der Waals surface area contributed by atoms with E-state index in [2.05, 4.69) is 4.74 Å². The molecule has 0 bridgehead atoms. The number of hydrogen-bond acceptors (Lipinski definition) is 2. The summed E-state index contributed by atoms with van der Waals surface area (Å²) in [6.45, 7) is 0. The van der Waals surface area contributed by atoms with Gasteiger partial charge in [-0.25, -0.2) is 4.79 Å². The Bertz CT molecular complexity index is 364. The Kier molecular flexibility index (Phi) is 5.64. The predicted molar refractivity (Wildman–Crippen MR) is 66.4 cm³/mol. The van der Waals surface area contributed by atoms with Gasteiger partial charge in [-0.3, -0.25) is 0 Å². The van der Waals surface area contributed by atoms with E-state index in [4.69, 9.17) is 23.2 Å². The van der Waals surface area contributed by atoms with Crippen molar-refractivity contribution < 1.29 is 9.53 Å². The first kappa shape index (κ1) is 13.3. The Morgan fingerprint density at radius 3 is 2.62 bits per heavy atom. The topological polar surface area (TPSA) is 26.3 Å². The molecule has 0 saturated carbocycles. The Morgan fingerprint density at radius 2 is 2.06 bits per heavy atom. The maximum absolute atomic E-state index is 11.3. The number of benzene rings is 1. The maximum Gasteiger partial charge on any atom is 0.337 e. The lowest BCUT2D eigenvalue weighted by Gasteiger charge is -2.08. The van der Waals surface area contributed by atoms with Gasteiger partial charge in [0.15, 0.2) is 0 Å². The molecule has 0 amide bonds. The van der Waals surface area contributed by atoms with Crippen LogP contribution in [0.1, 0.15) is 27.9 Å². The standard InChI is InChI=1S/C12H14Cl2O2/c1-16-12(15)10-5-4-9(3-2-6-13)11(7-10)8-14/h4-5,7H,2-3,6,8H2,1H3. The fraction of sp³-hybridized carbons (Fsp3) is 0.417. The van der Waals surface area contributed by atoms with Crippen LogP contribution in [0, 0.1) is 0 Å². The second-order valence-corrected chi connectivity index (χ2v) is 4.05. The third kappa shape index (κ3) is 3.39. The molecule has 4 heteroatoms. The third-order valence-corrected chi connectivity index (χ3v) is 2.91. The number of ether oxygens (including phenoxy) is 1. The summed E-state index contributed by atoms with van der Waals surface area (Å²) in [4.78, 5) is 11.3. The van der Waals surface area contributed by atoms with Crippen LogP contribution < -0.4 is 0 Å². The predicted octanol–water partition coefficient (Wildman–Crippen LogP) is 3.38. The number of rotatable bonds is 5. The van der Waals surface area contributed by atoms with Crippen molar-refractivity contribution in [3.05, 3.63) is 34.9 Å². The van der Waals surface area contributed by atoms with Crippen LogP contribution >= 0.6 is 23.2 Å². The van der Waals surface area contributed by atoms with E-state index in [0.29, 0.717) is 17.3 Å². The van der Waals surface area contributed by atoms with E-state index < -0.39 is 0 Å². The van der Waals surface area contributed by atoms with Gasteiger partial charge in [-0.05, 0) is 36.1 Å². The molecule has 1 rings (SSSR count). The number of hydrogen-bond donors (Lipinski definition) is 0. The second kappa shape index (κ2) is 6.77. The minimum atomic E-state index is -0.338. The molecule has 0 radical (unpaired) electrons. The average Bonchev–Trinajstić information content (AvgIpc) is 2.35. The molecule has 0 fully saturated rings. The molecule has 0 spiro atoms. The number of alkyl halides is 2. The minimum absolute atomic E-state index is 0.338. The number of aryl methyl sites for hydroxylation is 1. The van der Waals surface area contributed by atoms with Crippen molar-refractivity contribution >= 4 is 29.2 Å². The summed E-state index contributed by atoms with van der Waals surface area (Å²) in [7, 11) is 1.37. The summed E-state index contributed by atoms with van der Waals surface area (Å²) in [5, 5.41) is 0. The number of halogens is 2. The summed E-state index contributed by atoms with van der Waals surface area (Å²) in [5.74, 6) is 0.679. The van der Waals surface area contributed by atoms with Crippen LogP contribution in [0.5, 0.6) is 0 Å². The first-order chi connectivity index (χ1) is 7.72. The van der Waals surface area contributed by atoms with E-state index in [1.54, 1.807) is 12.1 Å². The highest BCUT2D eigenvalue weighted by Gasteiger charge is 2.08. The number of carbonyl (C=O) groups excluding carboxylic acids is 1. The molecule has 1 aromatic carbocycles. The van der Waals surface area contributed by atoms with Crippen LogP contribution in [-0.2, 0) is 17.0 Å². The molecular weight excluding hydrogens is 247 g/mol. The molecule has 0 N–H and O–H groups in total. The molecule has 0 atom stereocenters. The molecule has 16 heavy (non-hydrogen) atoms. The fourth-order valence-corrected chi connectivity index (χ4v) is 1.88. The summed E-state index contributed by atoms with van der Waals surface area (Å²) in [6, 6.07) is 5.45. The molecule has 0 unspecified atom stereocenters. The van der Waals surface area contributed by atoms with Gasteiger partial charge in [-0.2, -0.15) is 0 Å². The largest absolute Gasteiger partial charge is 0.465 e. The molecule has 0 aliphatic heterocycles. The lowest BCUT2D eigenvalue weighted by Crippen LogP contribution is -2.03. The lowest BCUT2D eigenvalue weighted by molar-refractivity contribution is 0.0600. The second-order valence-electron chi connectivity index (χ2n) is 3.40. The minimum Gasteiger partial charge on any atom is -0.465 e. The maximum atomic E-state index is 11.3. The Balaban J connectivity index is 2.92. The van der Waals surface area contributed by atoms with E-state index in [-0.39, 0.29) is 5.97 Å². The van der Waals surface area contributed by atoms with Crippen LogP contribution in [0.25, 0.3) is 0 Å². The highest BCUT2D eigenvalue weighted by atomic mass is 35.5. The first-order valence-corrected chi connectivity index (χ1v) is 6.12. The molecule has 0 saturated heterocycles. The summed E-state index contributed by atoms with van der Waals surface area (Å²) in [5.41, 5.74) is 2.64. The number of carbonyl (C=O) groups is 1. The zero-order valence-electron chi connectivity index (χ0n) is 9.13. The van der Waals surface area contributed by atoms with Crippen molar-refractivity contribution in [1.29, 1.82) is 0 Å². The smallest absolute Gasteiger partial charge is 0.337 e. The van der Waals surface area contributed by atoms with Gasteiger partial charge in [0.2, 0.25) is 0 Å². The molecule has 0 aliphatic rings.